The SMILES string of the molecule is Cc1ccc2c(C(=O)C3CCC(C)O3)cn(C)c2c1. The molecule has 3 heteroatoms. The molecule has 1 saturated heterocycles. The van der Waals surface area contributed by atoms with E-state index in [0.717, 1.165) is 29.3 Å². The highest BCUT2D eigenvalue weighted by Crippen LogP contribution is 2.27. The minimum Gasteiger partial charge on any atom is -0.367 e. The maximum absolute atomic E-state index is 12.6. The molecule has 2 aromatic rings. The van der Waals surface area contributed by atoms with Crippen LogP contribution in [0.1, 0.15) is 35.7 Å². The van der Waals surface area contributed by atoms with Crippen LogP contribution >= 0.6 is 0 Å². The Morgan fingerprint density at radius 1 is 1.37 bits per heavy atom. The number of benzene rings is 1. The normalized spacial score (nSPS) is 23.1. The molecule has 3 nitrogen and oxygen atoms in total. The van der Waals surface area contributed by atoms with Crippen LogP contribution in [-0.4, -0.2) is 22.6 Å². The summed E-state index contributed by atoms with van der Waals surface area (Å²) >= 11 is 0. The van der Waals surface area contributed by atoms with E-state index in [2.05, 4.69) is 19.1 Å². The number of rotatable bonds is 2. The van der Waals surface area contributed by atoms with Crippen LogP contribution in [-0.2, 0) is 11.8 Å². The fourth-order valence-corrected chi connectivity index (χ4v) is 2.86. The van der Waals surface area contributed by atoms with Crippen LogP contribution in [0.4, 0.5) is 0 Å². The summed E-state index contributed by atoms with van der Waals surface area (Å²) in [4.78, 5) is 12.6. The highest BCUT2D eigenvalue weighted by Gasteiger charge is 2.30. The van der Waals surface area contributed by atoms with Gasteiger partial charge in [-0.1, -0.05) is 12.1 Å². The average Bonchev–Trinajstić information content (AvgIpc) is 2.94. The van der Waals surface area contributed by atoms with Gasteiger partial charge in [0.2, 0.25) is 0 Å². The number of carbonyl (C=O) groups is 1. The summed E-state index contributed by atoms with van der Waals surface area (Å²) in [6, 6.07) is 6.21. The van der Waals surface area contributed by atoms with Gasteiger partial charge in [0, 0.05) is 29.7 Å². The van der Waals surface area contributed by atoms with E-state index in [9.17, 15) is 4.79 Å². The van der Waals surface area contributed by atoms with Crippen LogP contribution in [0.2, 0.25) is 0 Å². The van der Waals surface area contributed by atoms with Crippen LogP contribution < -0.4 is 0 Å². The van der Waals surface area contributed by atoms with Gasteiger partial charge in [0.15, 0.2) is 5.78 Å². The molecule has 1 aliphatic rings. The molecule has 1 aromatic heterocycles. The summed E-state index contributed by atoms with van der Waals surface area (Å²) in [5, 5.41) is 1.03. The van der Waals surface area contributed by atoms with Crippen molar-refractivity contribution in [3.05, 3.63) is 35.5 Å². The first kappa shape index (κ1) is 12.4. The fraction of sp³-hybridized carbons (Fsp3) is 0.438. The molecule has 1 aromatic carbocycles. The molecule has 2 atom stereocenters. The van der Waals surface area contributed by atoms with Gasteiger partial charge < -0.3 is 9.30 Å². The molecule has 1 fully saturated rings. The number of aryl methyl sites for hydroxylation is 2. The highest BCUT2D eigenvalue weighted by molar-refractivity contribution is 6.10. The van der Waals surface area contributed by atoms with Crippen LogP contribution in [0.5, 0.6) is 0 Å². The molecule has 2 heterocycles. The largest absolute Gasteiger partial charge is 0.367 e. The number of carbonyl (C=O) groups excluding carboxylic acids is 1. The van der Waals surface area contributed by atoms with Gasteiger partial charge in [0.25, 0.3) is 0 Å². The zero-order valence-electron chi connectivity index (χ0n) is 11.6. The predicted molar refractivity (Wildman–Crippen MR) is 75.6 cm³/mol. The van der Waals surface area contributed by atoms with E-state index in [1.54, 1.807) is 0 Å². The fourth-order valence-electron chi connectivity index (χ4n) is 2.86. The minimum atomic E-state index is -0.262. The van der Waals surface area contributed by atoms with Crippen LogP contribution in [0.3, 0.4) is 0 Å². The first-order valence-electron chi connectivity index (χ1n) is 6.81. The second kappa shape index (κ2) is 4.49. The van der Waals surface area contributed by atoms with E-state index >= 15 is 0 Å². The molecule has 19 heavy (non-hydrogen) atoms. The number of aromatic nitrogens is 1. The zero-order valence-corrected chi connectivity index (χ0v) is 11.6. The molecule has 100 valence electrons. The lowest BCUT2D eigenvalue weighted by Crippen LogP contribution is -2.20. The Kier molecular flexibility index (Phi) is 2.94. The number of hydrogen-bond donors (Lipinski definition) is 0. The Morgan fingerprint density at radius 3 is 2.84 bits per heavy atom. The van der Waals surface area contributed by atoms with Crippen molar-refractivity contribution in [1.82, 2.24) is 4.57 Å². The minimum absolute atomic E-state index is 0.124. The molecule has 0 radical (unpaired) electrons. The van der Waals surface area contributed by atoms with Gasteiger partial charge in [-0.15, -0.1) is 0 Å². The van der Waals surface area contributed by atoms with E-state index in [1.807, 2.05) is 30.8 Å². The summed E-state index contributed by atoms with van der Waals surface area (Å²) in [5.74, 6) is 0.124. The third-order valence-corrected chi connectivity index (χ3v) is 3.94. The number of nitrogens with zero attached hydrogens (tertiary/aromatic N) is 1. The van der Waals surface area contributed by atoms with E-state index < -0.39 is 0 Å². The molecule has 0 saturated carbocycles. The lowest BCUT2D eigenvalue weighted by Gasteiger charge is -2.09. The van der Waals surface area contributed by atoms with Gasteiger partial charge in [0.05, 0.1) is 6.10 Å². The van der Waals surface area contributed by atoms with Crippen molar-refractivity contribution >= 4 is 16.7 Å². The Bertz CT molecular complexity index is 641. The summed E-state index contributed by atoms with van der Waals surface area (Å²) in [6.45, 7) is 4.09. The van der Waals surface area contributed by atoms with Crippen LogP contribution in [0.15, 0.2) is 24.4 Å². The monoisotopic (exact) mass is 257 g/mol. The summed E-state index contributed by atoms with van der Waals surface area (Å²) in [7, 11) is 1.98. The third-order valence-electron chi connectivity index (χ3n) is 3.94. The molecule has 0 N–H and O–H groups in total. The smallest absolute Gasteiger partial charge is 0.193 e. The summed E-state index contributed by atoms with van der Waals surface area (Å²) in [6.07, 6.45) is 3.68. The highest BCUT2D eigenvalue weighted by atomic mass is 16.5. The van der Waals surface area contributed by atoms with Crippen molar-refractivity contribution in [1.29, 1.82) is 0 Å². The van der Waals surface area contributed by atoms with Gasteiger partial charge in [0.1, 0.15) is 6.10 Å². The van der Waals surface area contributed by atoms with Gasteiger partial charge in [-0.2, -0.15) is 0 Å². The summed E-state index contributed by atoms with van der Waals surface area (Å²) < 4.78 is 7.72. The topological polar surface area (TPSA) is 31.2 Å². The number of hydrogen-bond acceptors (Lipinski definition) is 2. The average molecular weight is 257 g/mol. The molecule has 1 aliphatic heterocycles. The zero-order chi connectivity index (χ0) is 13.6. The van der Waals surface area contributed by atoms with Crippen molar-refractivity contribution < 1.29 is 9.53 Å². The molecule has 0 spiro atoms. The third kappa shape index (κ3) is 2.08. The molecule has 3 rings (SSSR count). The van der Waals surface area contributed by atoms with Gasteiger partial charge in [-0.3, -0.25) is 4.79 Å². The number of fused-ring (bicyclic) bond motifs is 1. The molecule has 2 unspecified atom stereocenters. The lowest BCUT2D eigenvalue weighted by atomic mass is 10.0. The molecule has 0 amide bonds. The Labute approximate surface area is 113 Å². The van der Waals surface area contributed by atoms with Crippen LogP contribution in [0, 0.1) is 6.92 Å². The van der Waals surface area contributed by atoms with E-state index in [0.29, 0.717) is 0 Å². The van der Waals surface area contributed by atoms with Crippen molar-refractivity contribution in [3.63, 3.8) is 0 Å². The van der Waals surface area contributed by atoms with Crippen molar-refractivity contribution in [2.75, 3.05) is 0 Å². The van der Waals surface area contributed by atoms with Crippen molar-refractivity contribution in [2.24, 2.45) is 7.05 Å². The second-order valence-electron chi connectivity index (χ2n) is 5.55. The predicted octanol–water partition coefficient (Wildman–Crippen LogP) is 3.24. The molecule has 0 aliphatic carbocycles. The number of ether oxygens (including phenoxy) is 1. The quantitative estimate of drug-likeness (QED) is 0.773. The van der Waals surface area contributed by atoms with E-state index in [-0.39, 0.29) is 18.0 Å². The van der Waals surface area contributed by atoms with Crippen molar-refractivity contribution in [3.8, 4) is 0 Å². The van der Waals surface area contributed by atoms with E-state index in [4.69, 9.17) is 4.74 Å². The molecular formula is C16H19NO2. The van der Waals surface area contributed by atoms with E-state index in [1.165, 1.54) is 5.56 Å². The standard InChI is InChI=1S/C16H19NO2/c1-10-4-6-12-13(9-17(3)14(12)8-10)16(18)15-7-5-11(2)19-15/h4,6,8-9,11,15H,5,7H2,1-3H3. The van der Waals surface area contributed by atoms with Gasteiger partial charge >= 0.3 is 0 Å². The molecular weight excluding hydrogens is 238 g/mol. The summed E-state index contributed by atoms with van der Waals surface area (Å²) in [5.41, 5.74) is 3.10. The maximum Gasteiger partial charge on any atom is 0.193 e. The molecule has 0 bridgehead atoms. The van der Waals surface area contributed by atoms with Gasteiger partial charge in [-0.05, 0) is 38.3 Å². The Balaban J connectivity index is 2.03. The lowest BCUT2D eigenvalue weighted by molar-refractivity contribution is 0.0434. The van der Waals surface area contributed by atoms with Crippen molar-refractivity contribution in [2.45, 2.75) is 38.9 Å². The Hall–Kier alpha value is -1.61. The number of ketones is 1. The van der Waals surface area contributed by atoms with Gasteiger partial charge in [-0.25, -0.2) is 0 Å². The van der Waals surface area contributed by atoms with Crippen LogP contribution in [0.25, 0.3) is 10.9 Å². The first-order valence-corrected chi connectivity index (χ1v) is 6.81. The number of Topliss-reactive ketones (excluding diaryl/α,β-unsaturated/α-hetero) is 1. The maximum atomic E-state index is 12.6. The Morgan fingerprint density at radius 2 is 2.16 bits per heavy atom. The first-order chi connectivity index (χ1) is 9.06. The second-order valence-corrected chi connectivity index (χ2v) is 5.55.